The summed E-state index contributed by atoms with van der Waals surface area (Å²) >= 11 is 0. The van der Waals surface area contributed by atoms with Gasteiger partial charge in [-0.25, -0.2) is 4.79 Å². The zero-order chi connectivity index (χ0) is 35.6. The number of ketones is 1. The van der Waals surface area contributed by atoms with Crippen LogP contribution in [-0.4, -0.2) is 101 Å². The van der Waals surface area contributed by atoms with Crippen LogP contribution in [0.2, 0.25) is 0 Å². The first-order chi connectivity index (χ1) is 21.3. The van der Waals surface area contributed by atoms with Crippen molar-refractivity contribution < 1.29 is 29.1 Å². The van der Waals surface area contributed by atoms with E-state index in [0.29, 0.717) is 32.5 Å². The first kappa shape index (κ1) is 41.0. The van der Waals surface area contributed by atoms with E-state index < -0.39 is 64.9 Å². The van der Waals surface area contributed by atoms with Crippen molar-refractivity contribution >= 4 is 29.5 Å². The average Bonchev–Trinajstić information content (AvgIpc) is 3.41. The summed E-state index contributed by atoms with van der Waals surface area (Å²) in [5, 5.41) is 23.0. The van der Waals surface area contributed by atoms with E-state index >= 15 is 0 Å². The van der Waals surface area contributed by atoms with E-state index in [1.807, 2.05) is 76.2 Å². The molecule has 1 aliphatic rings. The highest BCUT2D eigenvalue weighted by molar-refractivity contribution is 6.38. The molecule has 0 aromatic carbocycles. The molecule has 0 aromatic rings. The average molecular weight is 651 g/mol. The summed E-state index contributed by atoms with van der Waals surface area (Å²) in [6, 6.07) is -4.07. The van der Waals surface area contributed by atoms with Crippen molar-refractivity contribution in [1.29, 1.82) is 0 Å². The minimum absolute atomic E-state index is 0.0761. The molecule has 5 N–H and O–H groups in total. The molecule has 1 heterocycles. The van der Waals surface area contributed by atoms with E-state index in [0.717, 1.165) is 0 Å². The van der Waals surface area contributed by atoms with Crippen molar-refractivity contribution in [1.82, 2.24) is 31.1 Å². The van der Waals surface area contributed by atoms with Gasteiger partial charge in [-0.1, -0.05) is 74.8 Å². The van der Waals surface area contributed by atoms with Crippen LogP contribution in [0.15, 0.2) is 12.7 Å². The number of likely N-dealkylation sites (N-methyl/N-ethyl adjacent to an activating group) is 1. The molecule has 1 saturated heterocycles. The Morgan fingerprint density at radius 1 is 0.957 bits per heavy atom. The Kier molecular flexibility index (Phi) is 15.9. The van der Waals surface area contributed by atoms with Gasteiger partial charge in [0, 0.05) is 26.2 Å². The lowest BCUT2D eigenvalue weighted by Crippen LogP contribution is -2.64. The number of aliphatic hydroxyl groups excluding tert-OH is 1. The van der Waals surface area contributed by atoms with Crippen LogP contribution in [0.1, 0.15) is 95.4 Å². The van der Waals surface area contributed by atoms with Crippen LogP contribution < -0.4 is 21.3 Å². The van der Waals surface area contributed by atoms with Crippen molar-refractivity contribution in [3.05, 3.63) is 12.7 Å². The monoisotopic (exact) mass is 650 g/mol. The molecule has 12 nitrogen and oxygen atoms in total. The Hall–Kier alpha value is -2.99. The minimum atomic E-state index is -1.27. The maximum atomic E-state index is 13.9. The van der Waals surface area contributed by atoms with Gasteiger partial charge >= 0.3 is 6.03 Å². The molecule has 6 atom stereocenters. The quantitative estimate of drug-likeness (QED) is 0.127. The lowest BCUT2D eigenvalue weighted by Gasteiger charge is -2.42. The fraction of sp³-hybridized carbons (Fsp3) is 0.794. The van der Waals surface area contributed by atoms with Crippen molar-refractivity contribution in [2.24, 2.45) is 22.7 Å². The Bertz CT molecular complexity index is 1060. The number of likely N-dealkylation sites (tertiary alicyclic amines) is 1. The van der Waals surface area contributed by atoms with Crippen LogP contribution in [0.25, 0.3) is 0 Å². The maximum absolute atomic E-state index is 13.9. The van der Waals surface area contributed by atoms with Gasteiger partial charge in [0.25, 0.3) is 5.91 Å². The van der Waals surface area contributed by atoms with Gasteiger partial charge in [0.15, 0.2) is 0 Å². The molecule has 0 aromatic heterocycles. The Labute approximate surface area is 276 Å². The van der Waals surface area contributed by atoms with Gasteiger partial charge in [-0.2, -0.15) is 0 Å². The Balaban J connectivity index is 3.36. The number of carbonyl (C=O) groups is 5. The second-order valence-electron chi connectivity index (χ2n) is 14.8. The number of amides is 5. The number of rotatable bonds is 16. The molecular weight excluding hydrogens is 588 g/mol. The van der Waals surface area contributed by atoms with Gasteiger partial charge in [-0.05, 0) is 49.4 Å². The molecule has 12 heteroatoms. The van der Waals surface area contributed by atoms with Gasteiger partial charge in [0.1, 0.15) is 12.3 Å². The first-order valence-electron chi connectivity index (χ1n) is 16.8. The second kappa shape index (κ2) is 17.8. The predicted molar refractivity (Wildman–Crippen MR) is 181 cm³/mol. The van der Waals surface area contributed by atoms with Gasteiger partial charge < -0.3 is 31.3 Å². The molecule has 0 bridgehead atoms. The summed E-state index contributed by atoms with van der Waals surface area (Å²) in [7, 11) is 0. The molecule has 0 saturated carbocycles. The Morgan fingerprint density at radius 2 is 1.54 bits per heavy atom. The number of aliphatic hydroxyl groups is 1. The summed E-state index contributed by atoms with van der Waals surface area (Å²) in [5.41, 5.74) is -1.23. The number of nitrogens with one attached hydrogen (secondary N) is 4. The minimum Gasteiger partial charge on any atom is -0.376 e. The molecule has 264 valence electrons. The van der Waals surface area contributed by atoms with Crippen molar-refractivity contribution in [2.75, 3.05) is 26.2 Å². The zero-order valence-corrected chi connectivity index (χ0v) is 30.2. The topological polar surface area (TPSA) is 160 Å². The van der Waals surface area contributed by atoms with E-state index in [1.54, 1.807) is 9.80 Å². The summed E-state index contributed by atoms with van der Waals surface area (Å²) in [4.78, 5) is 69.6. The fourth-order valence-corrected chi connectivity index (χ4v) is 6.02. The van der Waals surface area contributed by atoms with Crippen LogP contribution in [-0.2, 0) is 19.2 Å². The number of nitrogens with zero attached hydrogens (tertiary/aromatic N) is 2. The van der Waals surface area contributed by atoms with Crippen molar-refractivity contribution in [3.8, 4) is 0 Å². The summed E-state index contributed by atoms with van der Waals surface area (Å²) in [6.07, 6.45) is 1.66. The van der Waals surface area contributed by atoms with E-state index in [1.165, 1.54) is 6.08 Å². The Morgan fingerprint density at radius 3 is 2.00 bits per heavy atom. The summed E-state index contributed by atoms with van der Waals surface area (Å²) < 4.78 is 0. The molecular formula is C34H62N6O6. The standard InChI is InChI=1S/C34H62N6O6/c1-13-17-23(25(41)29(43)35-19-14-2)36-28(42)24-22(21(5)6)18-20-40(24)31(45)27(34(10,11)12)38-32(46)37-26(33(7,8)9)30(44)39(15-3)16-4/h14,21-24,26-27,31,45H,2,13,15-20H2,1,3-12H3,(H,35,43)(H,36,42)(H2,37,38,46)/t22-,23?,24+,26-,27-,31?/m1/s1. The lowest BCUT2D eigenvalue weighted by molar-refractivity contribution is -0.142. The van der Waals surface area contributed by atoms with Crippen LogP contribution in [0.5, 0.6) is 0 Å². The second-order valence-corrected chi connectivity index (χ2v) is 14.8. The molecule has 1 rings (SSSR count). The normalized spacial score (nSPS) is 19.8. The molecule has 0 aliphatic carbocycles. The highest BCUT2D eigenvalue weighted by atomic mass is 16.3. The van der Waals surface area contributed by atoms with Gasteiger partial charge in [0.2, 0.25) is 17.6 Å². The largest absolute Gasteiger partial charge is 0.376 e. The number of urea groups is 1. The van der Waals surface area contributed by atoms with E-state index in [9.17, 15) is 29.1 Å². The lowest BCUT2D eigenvalue weighted by atomic mass is 9.84. The van der Waals surface area contributed by atoms with Crippen LogP contribution in [0, 0.1) is 22.7 Å². The SMILES string of the molecule is C=CCNC(=O)C(=O)C(CCC)NC(=O)[C@@H]1[C@@H](C(C)C)CCN1C(O)[C@@H](NC(=O)N[C@H](C(=O)N(CC)CC)C(C)(C)C)C(C)(C)C. The van der Waals surface area contributed by atoms with Crippen LogP contribution in [0.4, 0.5) is 4.79 Å². The predicted octanol–water partition coefficient (Wildman–Crippen LogP) is 2.80. The van der Waals surface area contributed by atoms with Crippen LogP contribution >= 0.6 is 0 Å². The number of hydrogen-bond donors (Lipinski definition) is 5. The highest BCUT2D eigenvalue weighted by Crippen LogP contribution is 2.35. The molecule has 0 spiro atoms. The molecule has 1 aliphatic heterocycles. The van der Waals surface area contributed by atoms with Crippen molar-refractivity contribution in [3.63, 3.8) is 0 Å². The summed E-state index contributed by atoms with van der Waals surface area (Å²) in [5.74, 6) is -2.24. The zero-order valence-electron chi connectivity index (χ0n) is 30.2. The van der Waals surface area contributed by atoms with E-state index in [-0.39, 0.29) is 30.7 Å². The molecule has 5 amide bonds. The van der Waals surface area contributed by atoms with Gasteiger partial charge in [0.05, 0.1) is 18.1 Å². The number of carbonyl (C=O) groups excluding carboxylic acids is 5. The molecule has 1 fully saturated rings. The molecule has 0 radical (unpaired) electrons. The first-order valence-corrected chi connectivity index (χ1v) is 16.8. The number of Topliss-reactive ketones (excluding diaryl/α,β-unsaturated/α-hetero) is 1. The fourth-order valence-electron chi connectivity index (χ4n) is 6.02. The third kappa shape index (κ3) is 11.1. The molecule has 46 heavy (non-hydrogen) atoms. The van der Waals surface area contributed by atoms with Gasteiger partial charge in [-0.3, -0.25) is 24.1 Å². The number of hydrogen-bond acceptors (Lipinski definition) is 7. The third-order valence-corrected chi connectivity index (χ3v) is 8.77. The third-order valence-electron chi connectivity index (χ3n) is 8.77. The van der Waals surface area contributed by atoms with Crippen LogP contribution in [0.3, 0.4) is 0 Å². The van der Waals surface area contributed by atoms with E-state index in [4.69, 9.17) is 0 Å². The summed E-state index contributed by atoms with van der Waals surface area (Å²) in [6.45, 7) is 26.0. The van der Waals surface area contributed by atoms with E-state index in [2.05, 4.69) is 27.8 Å². The van der Waals surface area contributed by atoms with Gasteiger partial charge in [-0.15, -0.1) is 6.58 Å². The maximum Gasteiger partial charge on any atom is 0.315 e. The van der Waals surface area contributed by atoms with Crippen molar-refractivity contribution in [2.45, 2.75) is 126 Å². The smallest absolute Gasteiger partial charge is 0.315 e. The highest BCUT2D eigenvalue weighted by Gasteiger charge is 2.48. The molecule has 2 unspecified atom stereocenters.